The van der Waals surface area contributed by atoms with Crippen LogP contribution < -0.4 is 0 Å². The van der Waals surface area contributed by atoms with Crippen LogP contribution in [0.25, 0.3) is 0 Å². The van der Waals surface area contributed by atoms with Gasteiger partial charge in [0, 0.05) is 12.6 Å². The van der Waals surface area contributed by atoms with Crippen LogP contribution in [0, 0.1) is 5.92 Å². The molecule has 2 atom stereocenters. The highest BCUT2D eigenvalue weighted by molar-refractivity contribution is 5.89. The Morgan fingerprint density at radius 3 is 2.78 bits per heavy atom. The van der Waals surface area contributed by atoms with E-state index in [9.17, 15) is 9.59 Å². The van der Waals surface area contributed by atoms with E-state index in [-0.39, 0.29) is 30.4 Å². The van der Waals surface area contributed by atoms with Gasteiger partial charge in [0.15, 0.2) is 0 Å². The van der Waals surface area contributed by atoms with Gasteiger partial charge in [-0.05, 0) is 32.6 Å². The lowest BCUT2D eigenvalue weighted by atomic mass is 9.94. The molecular formula is C13H20N2O3. The fourth-order valence-corrected chi connectivity index (χ4v) is 2.90. The predicted octanol–water partition coefficient (Wildman–Crippen LogP) is 0.592. The average Bonchev–Trinajstić information content (AvgIpc) is 3.12. The lowest BCUT2D eigenvalue weighted by molar-refractivity contribution is -0.143. The Morgan fingerprint density at radius 2 is 2.11 bits per heavy atom. The van der Waals surface area contributed by atoms with E-state index in [4.69, 9.17) is 4.74 Å². The molecule has 5 heteroatoms. The van der Waals surface area contributed by atoms with Crippen LogP contribution in [-0.4, -0.2) is 53.6 Å². The number of carbonyl (C=O) groups is 2. The first-order valence-electron chi connectivity index (χ1n) is 6.86. The van der Waals surface area contributed by atoms with Gasteiger partial charge < -0.3 is 14.5 Å². The zero-order valence-corrected chi connectivity index (χ0v) is 10.8. The van der Waals surface area contributed by atoms with Crippen LogP contribution >= 0.6 is 0 Å². The third-order valence-corrected chi connectivity index (χ3v) is 4.19. The summed E-state index contributed by atoms with van der Waals surface area (Å²) in [5.41, 5.74) is 0. The van der Waals surface area contributed by atoms with E-state index >= 15 is 0 Å². The van der Waals surface area contributed by atoms with Crippen LogP contribution in [0.2, 0.25) is 0 Å². The predicted molar refractivity (Wildman–Crippen MR) is 64.6 cm³/mol. The smallest absolute Gasteiger partial charge is 0.243 e. The second-order valence-electron chi connectivity index (χ2n) is 5.60. The third-order valence-electron chi connectivity index (χ3n) is 4.19. The van der Waals surface area contributed by atoms with E-state index in [2.05, 4.69) is 0 Å². The van der Waals surface area contributed by atoms with Gasteiger partial charge in [0.05, 0.1) is 18.7 Å². The van der Waals surface area contributed by atoms with Crippen molar-refractivity contribution in [2.24, 2.45) is 5.92 Å². The monoisotopic (exact) mass is 252 g/mol. The van der Waals surface area contributed by atoms with Gasteiger partial charge in [-0.3, -0.25) is 9.59 Å². The summed E-state index contributed by atoms with van der Waals surface area (Å²) in [6.07, 6.45) is 3.99. The maximum atomic E-state index is 12.4. The molecule has 0 aromatic carbocycles. The van der Waals surface area contributed by atoms with E-state index in [0.717, 1.165) is 32.3 Å². The largest absolute Gasteiger partial charge is 0.378 e. The van der Waals surface area contributed by atoms with Gasteiger partial charge in [-0.1, -0.05) is 0 Å². The molecule has 2 amide bonds. The summed E-state index contributed by atoms with van der Waals surface area (Å²) < 4.78 is 5.54. The first kappa shape index (κ1) is 12.0. The summed E-state index contributed by atoms with van der Waals surface area (Å²) in [6.45, 7) is 3.46. The number of rotatable bonds is 2. The van der Waals surface area contributed by atoms with E-state index in [0.29, 0.717) is 12.7 Å². The van der Waals surface area contributed by atoms with Gasteiger partial charge >= 0.3 is 0 Å². The third kappa shape index (κ3) is 2.11. The molecule has 0 radical (unpaired) electrons. The molecule has 2 aliphatic heterocycles. The van der Waals surface area contributed by atoms with E-state index in [1.54, 1.807) is 4.90 Å². The van der Waals surface area contributed by atoms with Crippen molar-refractivity contribution in [3.8, 4) is 0 Å². The number of nitrogens with zero attached hydrogens (tertiary/aromatic N) is 2. The number of hydrogen-bond acceptors (Lipinski definition) is 3. The Kier molecular flexibility index (Phi) is 3.01. The van der Waals surface area contributed by atoms with Crippen LogP contribution in [0.15, 0.2) is 0 Å². The summed E-state index contributed by atoms with van der Waals surface area (Å²) in [6, 6.07) is 0.398. The van der Waals surface area contributed by atoms with Crippen LogP contribution in [-0.2, 0) is 14.3 Å². The van der Waals surface area contributed by atoms with Crippen LogP contribution in [0.5, 0.6) is 0 Å². The molecular weight excluding hydrogens is 232 g/mol. The molecule has 0 spiro atoms. The van der Waals surface area contributed by atoms with Crippen LogP contribution in [0.4, 0.5) is 0 Å². The molecule has 100 valence electrons. The van der Waals surface area contributed by atoms with Crippen molar-refractivity contribution in [1.29, 1.82) is 0 Å². The first-order valence-corrected chi connectivity index (χ1v) is 6.86. The highest BCUT2D eigenvalue weighted by Crippen LogP contribution is 2.31. The summed E-state index contributed by atoms with van der Waals surface area (Å²) in [5, 5.41) is 0. The van der Waals surface area contributed by atoms with Gasteiger partial charge in [-0.15, -0.1) is 0 Å². The lowest BCUT2D eigenvalue weighted by Gasteiger charge is -2.31. The Hall–Kier alpha value is -1.10. The normalized spacial score (nSPS) is 33.1. The Bertz CT molecular complexity index is 367. The highest BCUT2D eigenvalue weighted by atomic mass is 16.5. The van der Waals surface area contributed by atoms with Gasteiger partial charge in [0.25, 0.3) is 0 Å². The van der Waals surface area contributed by atoms with Crippen LogP contribution in [0.1, 0.15) is 32.6 Å². The Balaban J connectivity index is 1.64. The minimum absolute atomic E-state index is 0.0173. The first-order chi connectivity index (χ1) is 8.66. The fraction of sp³-hybridized carbons (Fsp3) is 0.846. The summed E-state index contributed by atoms with van der Waals surface area (Å²) in [7, 11) is 0. The van der Waals surface area contributed by atoms with Crippen molar-refractivity contribution < 1.29 is 14.3 Å². The van der Waals surface area contributed by atoms with Gasteiger partial charge in [0.2, 0.25) is 11.8 Å². The Morgan fingerprint density at radius 1 is 1.33 bits per heavy atom. The number of hydrogen-bond donors (Lipinski definition) is 0. The van der Waals surface area contributed by atoms with E-state index in [1.165, 1.54) is 0 Å². The van der Waals surface area contributed by atoms with Gasteiger partial charge in [-0.2, -0.15) is 0 Å². The topological polar surface area (TPSA) is 49.9 Å². The quantitative estimate of drug-likeness (QED) is 0.723. The SMILES string of the molecule is CC1OCCCC1C(=O)N1CC(=O)N(C2CC2)C1. The summed E-state index contributed by atoms with van der Waals surface area (Å²) in [5.74, 6) is 0.139. The molecule has 1 saturated carbocycles. The summed E-state index contributed by atoms with van der Waals surface area (Å²) in [4.78, 5) is 27.8. The molecule has 2 heterocycles. The van der Waals surface area contributed by atoms with Crippen LogP contribution in [0.3, 0.4) is 0 Å². The molecule has 3 aliphatic rings. The van der Waals surface area contributed by atoms with E-state index < -0.39 is 0 Å². The lowest BCUT2D eigenvalue weighted by Crippen LogP contribution is -2.42. The molecule has 3 rings (SSSR count). The molecule has 1 aliphatic carbocycles. The highest BCUT2D eigenvalue weighted by Gasteiger charge is 2.42. The van der Waals surface area contributed by atoms with Crippen molar-refractivity contribution in [1.82, 2.24) is 9.80 Å². The number of carbonyl (C=O) groups excluding carboxylic acids is 2. The molecule has 5 nitrogen and oxygen atoms in total. The van der Waals surface area contributed by atoms with Crippen molar-refractivity contribution in [3.05, 3.63) is 0 Å². The molecule has 0 aromatic heterocycles. The molecule has 0 aromatic rings. The molecule has 0 N–H and O–H groups in total. The maximum absolute atomic E-state index is 12.4. The second-order valence-corrected chi connectivity index (χ2v) is 5.60. The standard InChI is InChI=1S/C13H20N2O3/c1-9-11(3-2-6-18-9)13(17)14-7-12(16)15(8-14)10-4-5-10/h9-11H,2-8H2,1H3. The van der Waals surface area contributed by atoms with Crippen molar-refractivity contribution >= 4 is 11.8 Å². The van der Waals surface area contributed by atoms with Crippen molar-refractivity contribution in [2.45, 2.75) is 44.8 Å². The molecule has 0 bridgehead atoms. The molecule has 2 unspecified atom stereocenters. The number of ether oxygens (including phenoxy) is 1. The fourth-order valence-electron chi connectivity index (χ4n) is 2.90. The summed E-state index contributed by atoms with van der Waals surface area (Å²) >= 11 is 0. The zero-order valence-electron chi connectivity index (χ0n) is 10.8. The average molecular weight is 252 g/mol. The number of amides is 2. The van der Waals surface area contributed by atoms with Crippen molar-refractivity contribution in [3.63, 3.8) is 0 Å². The zero-order chi connectivity index (χ0) is 12.7. The molecule has 18 heavy (non-hydrogen) atoms. The van der Waals surface area contributed by atoms with Crippen molar-refractivity contribution in [2.75, 3.05) is 19.8 Å². The molecule has 2 saturated heterocycles. The Labute approximate surface area is 107 Å². The minimum Gasteiger partial charge on any atom is -0.378 e. The van der Waals surface area contributed by atoms with Gasteiger partial charge in [0.1, 0.15) is 6.54 Å². The van der Waals surface area contributed by atoms with Gasteiger partial charge in [-0.25, -0.2) is 0 Å². The van der Waals surface area contributed by atoms with E-state index in [1.807, 2.05) is 11.8 Å². The minimum atomic E-state index is -0.0642. The molecule has 3 fully saturated rings. The maximum Gasteiger partial charge on any atom is 0.243 e. The second kappa shape index (κ2) is 4.53.